The van der Waals surface area contributed by atoms with Crippen molar-refractivity contribution >= 4 is 11.3 Å². The molecule has 0 unspecified atom stereocenters. The summed E-state index contributed by atoms with van der Waals surface area (Å²) < 4.78 is 3.22. The van der Waals surface area contributed by atoms with Gasteiger partial charge in [0, 0.05) is 22.6 Å². The maximum atomic E-state index is 2.47. The molecule has 0 fully saturated rings. The fourth-order valence-electron chi connectivity index (χ4n) is 2.39. The van der Waals surface area contributed by atoms with E-state index in [-0.39, 0.29) is 21.2 Å². The van der Waals surface area contributed by atoms with Crippen molar-refractivity contribution in [1.82, 2.24) is 0 Å². The summed E-state index contributed by atoms with van der Waals surface area (Å²) in [5.41, 5.74) is 4.67. The van der Waals surface area contributed by atoms with Crippen molar-refractivity contribution < 1.29 is 21.2 Å². The van der Waals surface area contributed by atoms with Crippen molar-refractivity contribution in [2.75, 3.05) is 0 Å². The molecule has 0 saturated carbocycles. The maximum Gasteiger partial charge on any atom is 0.359 e. The van der Waals surface area contributed by atoms with E-state index in [1.807, 2.05) is 11.3 Å². The first kappa shape index (κ1) is 17.0. The van der Waals surface area contributed by atoms with Gasteiger partial charge < -0.3 is 0 Å². The predicted octanol–water partition coefficient (Wildman–Crippen LogP) is 3.25. The Morgan fingerprint density at radius 3 is 1.81 bits per heavy atom. The topological polar surface area (TPSA) is 0 Å². The summed E-state index contributed by atoms with van der Waals surface area (Å²) >= 11 is 1.76. The second-order valence-electron chi connectivity index (χ2n) is 6.51. The Morgan fingerprint density at radius 1 is 0.857 bits per heavy atom. The van der Waals surface area contributed by atoms with Crippen molar-refractivity contribution in [3.05, 3.63) is 52.8 Å². The van der Waals surface area contributed by atoms with Gasteiger partial charge in [-0.05, 0) is 28.7 Å². The monoisotopic (exact) mass is 413 g/mol. The number of hydrogen-bond acceptors (Lipinski definition) is 1. The second-order valence-corrected chi connectivity index (χ2v) is 10.2. The molecule has 0 atom stereocenters. The van der Waals surface area contributed by atoms with Crippen LogP contribution in [0.5, 0.6) is 0 Å². The summed E-state index contributed by atoms with van der Waals surface area (Å²) in [5.74, 6) is 1.82. The Balaban J connectivity index is 2.58. The molecular formula is C19H26IS+. The molecule has 1 heterocycles. The van der Waals surface area contributed by atoms with Crippen LogP contribution in [0, 0.1) is 7.14 Å². The van der Waals surface area contributed by atoms with E-state index in [2.05, 4.69) is 70.5 Å². The van der Waals surface area contributed by atoms with Crippen molar-refractivity contribution in [2.45, 2.75) is 59.3 Å². The number of rotatable bonds is 5. The van der Waals surface area contributed by atoms with Crippen molar-refractivity contribution in [3.63, 3.8) is 0 Å². The van der Waals surface area contributed by atoms with Gasteiger partial charge in [0.2, 0.25) is 7.14 Å². The van der Waals surface area contributed by atoms with Crippen LogP contribution in [0.4, 0.5) is 0 Å². The summed E-state index contributed by atoms with van der Waals surface area (Å²) in [6.07, 6.45) is 0. The molecule has 0 aliphatic rings. The van der Waals surface area contributed by atoms with Crippen LogP contribution in [0.25, 0.3) is 0 Å². The average Bonchev–Trinajstić information content (AvgIpc) is 2.90. The fraction of sp³-hybridized carbons (Fsp3) is 0.474. The minimum Gasteiger partial charge on any atom is -0.148 e. The summed E-state index contributed by atoms with van der Waals surface area (Å²) in [6, 6.07) is 7.26. The highest BCUT2D eigenvalue weighted by Gasteiger charge is 2.28. The quantitative estimate of drug-likeness (QED) is 0.661. The van der Waals surface area contributed by atoms with Gasteiger partial charge in [0.15, 0.2) is 0 Å². The largest absolute Gasteiger partial charge is 0.359 e. The van der Waals surface area contributed by atoms with Gasteiger partial charge in [0.05, 0.1) is 0 Å². The molecule has 1 aromatic heterocycles. The van der Waals surface area contributed by atoms with Crippen LogP contribution >= 0.6 is 11.3 Å². The molecule has 0 saturated heterocycles. The van der Waals surface area contributed by atoms with E-state index in [1.165, 1.54) is 5.56 Å². The molecule has 0 nitrogen and oxygen atoms in total. The molecule has 2 aromatic rings. The molecule has 0 radical (unpaired) electrons. The van der Waals surface area contributed by atoms with E-state index < -0.39 is 0 Å². The highest BCUT2D eigenvalue weighted by atomic mass is 127. The lowest BCUT2D eigenvalue weighted by atomic mass is 9.90. The Morgan fingerprint density at radius 2 is 1.43 bits per heavy atom. The van der Waals surface area contributed by atoms with Crippen LogP contribution in [0.3, 0.4) is 0 Å². The van der Waals surface area contributed by atoms with Gasteiger partial charge in [-0.1, -0.05) is 53.7 Å². The van der Waals surface area contributed by atoms with Gasteiger partial charge in [-0.2, -0.15) is 0 Å². The van der Waals surface area contributed by atoms with Gasteiger partial charge >= 0.3 is 21.2 Å². The van der Waals surface area contributed by atoms with E-state index in [0.29, 0.717) is 17.8 Å². The van der Waals surface area contributed by atoms with Gasteiger partial charge in [-0.3, -0.25) is 0 Å². The van der Waals surface area contributed by atoms with Crippen LogP contribution < -0.4 is 21.2 Å². The van der Waals surface area contributed by atoms with Gasteiger partial charge in [-0.15, -0.1) is 11.3 Å². The van der Waals surface area contributed by atoms with E-state index in [0.717, 1.165) is 0 Å². The first-order chi connectivity index (χ1) is 9.90. The van der Waals surface area contributed by atoms with Crippen molar-refractivity contribution in [1.29, 1.82) is 0 Å². The second kappa shape index (κ2) is 7.28. The van der Waals surface area contributed by atoms with E-state index in [1.54, 1.807) is 18.3 Å². The van der Waals surface area contributed by atoms with Crippen molar-refractivity contribution in [3.8, 4) is 0 Å². The van der Waals surface area contributed by atoms with Gasteiger partial charge in [0.25, 0.3) is 0 Å². The Hall–Kier alpha value is -0.350. The SMILES string of the molecule is CC(C)c1cc(C(C)C)c([I+]c2ccsc2)c(C(C)C)c1. The zero-order valence-corrected chi connectivity index (χ0v) is 16.9. The summed E-state index contributed by atoms with van der Waals surface area (Å²) in [7, 11) is 0. The van der Waals surface area contributed by atoms with Gasteiger partial charge in [-0.25, -0.2) is 0 Å². The zero-order valence-electron chi connectivity index (χ0n) is 13.9. The van der Waals surface area contributed by atoms with Crippen LogP contribution in [0.2, 0.25) is 0 Å². The minimum atomic E-state index is -0.0664. The lowest BCUT2D eigenvalue weighted by Gasteiger charge is -2.16. The van der Waals surface area contributed by atoms with E-state index in [9.17, 15) is 0 Å². The molecule has 0 bridgehead atoms. The van der Waals surface area contributed by atoms with E-state index in [4.69, 9.17) is 0 Å². The first-order valence-electron chi connectivity index (χ1n) is 7.74. The molecule has 0 N–H and O–H groups in total. The third-order valence-electron chi connectivity index (χ3n) is 3.75. The summed E-state index contributed by atoms with van der Waals surface area (Å²) in [5, 5.41) is 4.54. The molecular weight excluding hydrogens is 387 g/mol. The Labute approximate surface area is 144 Å². The van der Waals surface area contributed by atoms with Crippen LogP contribution in [0.1, 0.15) is 76.0 Å². The van der Waals surface area contributed by atoms with Crippen molar-refractivity contribution in [2.24, 2.45) is 0 Å². The van der Waals surface area contributed by atoms with E-state index >= 15 is 0 Å². The molecule has 0 aliphatic heterocycles. The number of thiophene rings is 1. The third-order valence-corrected chi connectivity index (χ3v) is 7.94. The Kier molecular flexibility index (Phi) is 5.89. The first-order valence-corrected chi connectivity index (χ1v) is 10.8. The maximum absolute atomic E-state index is 2.47. The molecule has 2 rings (SSSR count). The number of halogens is 1. The Bertz CT molecular complexity index is 551. The summed E-state index contributed by atoms with van der Waals surface area (Å²) in [6.45, 7) is 14.0. The highest BCUT2D eigenvalue weighted by Crippen LogP contribution is 2.27. The molecule has 114 valence electrons. The molecule has 0 aliphatic carbocycles. The normalized spacial score (nSPS) is 11.9. The third kappa shape index (κ3) is 4.10. The molecule has 1 aromatic carbocycles. The highest BCUT2D eigenvalue weighted by molar-refractivity contribution is 7.07. The standard InChI is InChI=1S/C19H26IS/c1-12(2)15-9-17(13(3)4)19(18(10-15)14(5)6)20-16-7-8-21-11-16/h7-14H,1-6H3/q+1. The number of benzene rings is 1. The minimum absolute atomic E-state index is 0.0664. The summed E-state index contributed by atoms with van der Waals surface area (Å²) in [4.78, 5) is 0. The predicted molar refractivity (Wildman–Crippen MR) is 90.4 cm³/mol. The van der Waals surface area contributed by atoms with Crippen LogP contribution in [0.15, 0.2) is 29.0 Å². The average molecular weight is 413 g/mol. The molecule has 0 spiro atoms. The molecule has 0 amide bonds. The lowest BCUT2D eigenvalue weighted by molar-refractivity contribution is -0.598. The number of hydrogen-bond donors (Lipinski definition) is 0. The van der Waals surface area contributed by atoms with Crippen LogP contribution in [-0.4, -0.2) is 0 Å². The lowest BCUT2D eigenvalue weighted by Crippen LogP contribution is -3.62. The smallest absolute Gasteiger partial charge is 0.148 e. The molecule has 2 heteroatoms. The zero-order chi connectivity index (χ0) is 15.6. The van der Waals surface area contributed by atoms with Crippen LogP contribution in [-0.2, 0) is 0 Å². The molecule has 21 heavy (non-hydrogen) atoms. The fourth-order valence-corrected chi connectivity index (χ4v) is 7.17. The van der Waals surface area contributed by atoms with Gasteiger partial charge in [0.1, 0.15) is 0 Å².